The van der Waals surface area contributed by atoms with Crippen LogP contribution in [-0.2, 0) is 19.1 Å². The van der Waals surface area contributed by atoms with E-state index in [0.29, 0.717) is 32.1 Å². The van der Waals surface area contributed by atoms with Crippen LogP contribution < -0.4 is 26.6 Å². The molecule has 6 rings (SSSR count). The lowest BCUT2D eigenvalue weighted by Crippen LogP contribution is -2.41. The maximum atomic E-state index is 12.3. The standard InChI is InChI=1S/C19H22N4O4S.C17H20N4O3S.C4H6O3/c1-13(24)22-8-6-14(7-9-22)12-20-19(25)21-16-11-15(18-3-2-10-28-18)4-5-17(16)23(26)27;22-17(19-11-12-5-7-18-8-6-12)20-14-10-13(16-2-1-9-25-16)3-4-15(14)21(23)24;1-3(5)7-4(2)6/h2-5,10-11,14H,6-9,12H2,1H3,(H2,20,21,25);1-4,9-10,12,18H,5-8,11H2,(H2,19,20,22);1-2H3. The first-order valence-electron chi connectivity index (χ1n) is 19.1. The maximum Gasteiger partial charge on any atom is 0.319 e. The van der Waals surface area contributed by atoms with Crippen molar-refractivity contribution < 1.29 is 38.6 Å². The van der Waals surface area contributed by atoms with E-state index in [1.54, 1.807) is 47.4 Å². The van der Waals surface area contributed by atoms with Gasteiger partial charge in [0.15, 0.2) is 0 Å². The Bertz CT molecular complexity index is 2090. The van der Waals surface area contributed by atoms with Crippen LogP contribution in [0, 0.1) is 32.1 Å². The van der Waals surface area contributed by atoms with Crippen LogP contribution in [0.5, 0.6) is 0 Å². The first-order chi connectivity index (χ1) is 28.7. The molecule has 5 amide bonds. The van der Waals surface area contributed by atoms with Crippen LogP contribution in [0.3, 0.4) is 0 Å². The maximum absolute atomic E-state index is 12.3. The van der Waals surface area contributed by atoms with Crippen molar-refractivity contribution >= 4 is 75.3 Å². The van der Waals surface area contributed by atoms with Gasteiger partial charge >= 0.3 is 24.0 Å². The monoisotopic (exact) mass is 864 g/mol. The van der Waals surface area contributed by atoms with Gasteiger partial charge in [0, 0.05) is 68.8 Å². The van der Waals surface area contributed by atoms with Gasteiger partial charge in [-0.25, -0.2) is 9.59 Å². The Balaban J connectivity index is 0.000000230. The average Bonchev–Trinajstić information content (AvgIpc) is 3.96. The zero-order valence-corrected chi connectivity index (χ0v) is 35.0. The molecule has 0 aliphatic carbocycles. The van der Waals surface area contributed by atoms with Crippen LogP contribution in [0.15, 0.2) is 71.4 Å². The molecular weight excluding hydrogens is 817 g/mol. The minimum Gasteiger partial charge on any atom is -0.394 e. The van der Waals surface area contributed by atoms with Crippen molar-refractivity contribution in [2.45, 2.75) is 46.5 Å². The Morgan fingerprint density at radius 3 is 1.48 bits per heavy atom. The number of thiophene rings is 2. The van der Waals surface area contributed by atoms with Gasteiger partial charge in [0.25, 0.3) is 11.4 Å². The molecule has 5 N–H and O–H groups in total. The molecule has 2 aromatic heterocycles. The molecule has 18 nitrogen and oxygen atoms in total. The number of hydrogen-bond acceptors (Lipinski definition) is 13. The highest BCUT2D eigenvalue weighted by Crippen LogP contribution is 2.34. The molecule has 0 radical (unpaired) electrons. The predicted molar refractivity (Wildman–Crippen MR) is 230 cm³/mol. The molecule has 2 fully saturated rings. The molecule has 4 heterocycles. The average molecular weight is 865 g/mol. The summed E-state index contributed by atoms with van der Waals surface area (Å²) in [5.74, 6) is -0.324. The molecule has 0 bridgehead atoms. The van der Waals surface area contributed by atoms with E-state index in [1.165, 1.54) is 37.3 Å². The van der Waals surface area contributed by atoms with Crippen LogP contribution >= 0.6 is 22.7 Å². The van der Waals surface area contributed by atoms with E-state index in [1.807, 2.05) is 35.0 Å². The fourth-order valence-corrected chi connectivity index (χ4v) is 7.78. The Morgan fingerprint density at radius 2 is 1.13 bits per heavy atom. The van der Waals surface area contributed by atoms with Gasteiger partial charge in [-0.1, -0.05) is 12.1 Å². The minimum absolute atomic E-state index is 0.0714. The van der Waals surface area contributed by atoms with Crippen molar-refractivity contribution in [3.63, 3.8) is 0 Å². The number of urea groups is 2. The van der Waals surface area contributed by atoms with Crippen LogP contribution in [0.4, 0.5) is 32.3 Å². The van der Waals surface area contributed by atoms with E-state index in [9.17, 15) is 44.2 Å². The highest BCUT2D eigenvalue weighted by Gasteiger charge is 2.23. The molecule has 2 aliphatic rings. The molecule has 0 saturated carbocycles. The number of piperidine rings is 2. The van der Waals surface area contributed by atoms with Crippen molar-refractivity contribution in [2.24, 2.45) is 11.8 Å². The van der Waals surface area contributed by atoms with Gasteiger partial charge in [-0.3, -0.25) is 34.6 Å². The summed E-state index contributed by atoms with van der Waals surface area (Å²) in [5.41, 5.74) is 1.77. The van der Waals surface area contributed by atoms with Gasteiger partial charge < -0.3 is 36.2 Å². The van der Waals surface area contributed by atoms with Gasteiger partial charge in [0.05, 0.1) is 9.85 Å². The van der Waals surface area contributed by atoms with E-state index in [4.69, 9.17) is 0 Å². The largest absolute Gasteiger partial charge is 0.394 e. The minimum atomic E-state index is -0.562. The summed E-state index contributed by atoms with van der Waals surface area (Å²) in [7, 11) is 0. The highest BCUT2D eigenvalue weighted by atomic mass is 32.1. The van der Waals surface area contributed by atoms with E-state index < -0.39 is 33.8 Å². The molecule has 2 saturated heterocycles. The Morgan fingerprint density at radius 1 is 0.700 bits per heavy atom. The predicted octanol–water partition coefficient (Wildman–Crippen LogP) is 7.24. The number of anilines is 2. The topological polar surface area (TPSA) is 244 Å². The number of nitro groups is 2. The van der Waals surface area contributed by atoms with Crippen molar-refractivity contribution in [1.82, 2.24) is 20.9 Å². The number of carbonyl (C=O) groups excluding carboxylic acids is 5. The molecule has 2 aliphatic heterocycles. The second-order valence-electron chi connectivity index (χ2n) is 13.8. The smallest absolute Gasteiger partial charge is 0.319 e. The molecule has 320 valence electrons. The molecule has 60 heavy (non-hydrogen) atoms. The summed E-state index contributed by atoms with van der Waals surface area (Å²) in [5, 5.41) is 40.5. The van der Waals surface area contributed by atoms with Crippen LogP contribution in [0.2, 0.25) is 0 Å². The van der Waals surface area contributed by atoms with Gasteiger partial charge in [-0.2, -0.15) is 0 Å². The summed E-state index contributed by atoms with van der Waals surface area (Å²) >= 11 is 3.07. The van der Waals surface area contributed by atoms with Crippen LogP contribution in [0.1, 0.15) is 46.5 Å². The van der Waals surface area contributed by atoms with E-state index >= 15 is 0 Å². The Kier molecular flexibility index (Phi) is 18.1. The lowest BCUT2D eigenvalue weighted by molar-refractivity contribution is -0.384. The Hall–Kier alpha value is -6.25. The highest BCUT2D eigenvalue weighted by molar-refractivity contribution is 7.13. The van der Waals surface area contributed by atoms with Gasteiger partial charge in [-0.05, 0) is 109 Å². The molecule has 0 atom stereocenters. The summed E-state index contributed by atoms with van der Waals surface area (Å²) in [4.78, 5) is 80.8. The second-order valence-corrected chi connectivity index (χ2v) is 15.7. The van der Waals surface area contributed by atoms with Crippen LogP contribution in [0.25, 0.3) is 20.9 Å². The number of likely N-dealkylation sites (tertiary alicyclic amines) is 1. The SMILES string of the molecule is CC(=O)N1CCC(CNC(=O)Nc2cc(-c3cccs3)ccc2[N+](=O)[O-])CC1.CC(=O)OC(C)=O.O=C(NCC1CCNCC1)Nc1cc(-c2cccs2)ccc1[N+](=O)[O-]. The number of rotatable bonds is 10. The zero-order valence-electron chi connectivity index (χ0n) is 33.4. The number of esters is 2. The first kappa shape index (κ1) is 46.4. The molecule has 0 spiro atoms. The quantitative estimate of drug-likeness (QED) is 0.0460. The van der Waals surface area contributed by atoms with Crippen molar-refractivity contribution in [3.8, 4) is 20.9 Å². The molecule has 0 unspecified atom stereocenters. The molecular formula is C40H48N8O10S2. The Labute approximate surface area is 354 Å². The van der Waals surface area contributed by atoms with Gasteiger partial charge in [0.2, 0.25) is 5.91 Å². The fourth-order valence-electron chi connectivity index (χ4n) is 6.33. The summed E-state index contributed by atoms with van der Waals surface area (Å²) in [6.07, 6.45) is 3.70. The van der Waals surface area contributed by atoms with Crippen molar-refractivity contribution in [3.05, 3.63) is 91.7 Å². The number of hydrogen-bond donors (Lipinski definition) is 5. The third-order valence-electron chi connectivity index (χ3n) is 9.40. The number of ether oxygens (including phenoxy) is 1. The van der Waals surface area contributed by atoms with E-state index in [2.05, 4.69) is 31.3 Å². The van der Waals surface area contributed by atoms with Crippen LogP contribution in [-0.4, -0.2) is 83.9 Å². The van der Waals surface area contributed by atoms with Crippen molar-refractivity contribution in [1.29, 1.82) is 0 Å². The number of nitro benzene ring substituents is 2. The fraction of sp³-hybridized carbons (Fsp3) is 0.375. The van der Waals surface area contributed by atoms with Gasteiger partial charge in [-0.15, -0.1) is 22.7 Å². The number of nitrogens with one attached hydrogen (secondary N) is 5. The van der Waals surface area contributed by atoms with E-state index in [-0.39, 0.29) is 34.6 Å². The first-order valence-corrected chi connectivity index (χ1v) is 20.9. The number of benzene rings is 2. The summed E-state index contributed by atoms with van der Waals surface area (Å²) in [6.45, 7) is 8.27. The van der Waals surface area contributed by atoms with E-state index in [0.717, 1.165) is 59.7 Å². The summed E-state index contributed by atoms with van der Waals surface area (Å²) in [6, 6.07) is 16.3. The second kappa shape index (κ2) is 23.4. The third kappa shape index (κ3) is 15.2. The van der Waals surface area contributed by atoms with Crippen molar-refractivity contribution in [2.75, 3.05) is 49.9 Å². The third-order valence-corrected chi connectivity index (χ3v) is 11.2. The number of carbonyl (C=O) groups is 5. The normalized spacial score (nSPS) is 13.9. The van der Waals surface area contributed by atoms with Gasteiger partial charge in [0.1, 0.15) is 11.4 Å². The zero-order chi connectivity index (χ0) is 43.6. The molecule has 2 aromatic carbocycles. The molecule has 4 aromatic rings. The number of nitrogens with zero attached hydrogens (tertiary/aromatic N) is 3. The lowest BCUT2D eigenvalue weighted by Gasteiger charge is -2.31. The lowest BCUT2D eigenvalue weighted by atomic mass is 9.97. The summed E-state index contributed by atoms with van der Waals surface area (Å²) < 4.78 is 3.97. The molecule has 20 heteroatoms. The number of amides is 5.